The zero-order chi connectivity index (χ0) is 10.9. The third-order valence-electron chi connectivity index (χ3n) is 2.80. The molecule has 0 saturated carbocycles. The molecule has 1 aliphatic heterocycles. The second kappa shape index (κ2) is 4.14. The zero-order valence-corrected chi connectivity index (χ0v) is 9.88. The van der Waals surface area contributed by atoms with Gasteiger partial charge in [-0.2, -0.15) is 4.98 Å². The van der Waals surface area contributed by atoms with E-state index in [0.29, 0.717) is 18.1 Å². The lowest BCUT2D eigenvalue weighted by Crippen LogP contribution is -2.13. The van der Waals surface area contributed by atoms with Gasteiger partial charge < -0.3 is 9.63 Å². The van der Waals surface area contributed by atoms with E-state index in [2.05, 4.69) is 17.1 Å². The van der Waals surface area contributed by atoms with Gasteiger partial charge in [-0.1, -0.05) is 12.1 Å². The standard InChI is InChI=1S/C10H16N2O2S/c1-3-7(13)8-11-9(14-12-8)10(2)5-4-6-15-10/h7,13H,3-6H2,1-2H3. The average Bonchev–Trinajstić information content (AvgIpc) is 2.85. The van der Waals surface area contributed by atoms with E-state index in [9.17, 15) is 5.11 Å². The first-order valence-corrected chi connectivity index (χ1v) is 6.30. The van der Waals surface area contributed by atoms with E-state index in [0.717, 1.165) is 12.2 Å². The van der Waals surface area contributed by atoms with E-state index in [1.807, 2.05) is 18.7 Å². The van der Waals surface area contributed by atoms with Gasteiger partial charge >= 0.3 is 0 Å². The SMILES string of the molecule is CCC(O)c1noc(C2(C)CCCS2)n1. The van der Waals surface area contributed by atoms with E-state index in [1.54, 1.807) is 0 Å². The number of aliphatic hydroxyl groups excluding tert-OH is 1. The fourth-order valence-corrected chi connectivity index (χ4v) is 2.95. The predicted octanol–water partition coefficient (Wildman–Crippen LogP) is 2.26. The molecule has 0 radical (unpaired) electrons. The molecule has 1 fully saturated rings. The first kappa shape index (κ1) is 11.0. The van der Waals surface area contributed by atoms with Crippen LogP contribution in [0.15, 0.2) is 4.52 Å². The fourth-order valence-electron chi connectivity index (χ4n) is 1.72. The van der Waals surface area contributed by atoms with Crippen LogP contribution in [-0.2, 0) is 4.75 Å². The minimum absolute atomic E-state index is 0.0429. The summed E-state index contributed by atoms with van der Waals surface area (Å²) in [4.78, 5) is 4.29. The molecule has 84 valence electrons. The van der Waals surface area contributed by atoms with Gasteiger partial charge in [0.15, 0.2) is 5.82 Å². The molecule has 1 N–H and O–H groups in total. The summed E-state index contributed by atoms with van der Waals surface area (Å²) in [6.45, 7) is 4.02. The van der Waals surface area contributed by atoms with E-state index in [1.165, 1.54) is 6.42 Å². The van der Waals surface area contributed by atoms with Crippen molar-refractivity contribution in [3.05, 3.63) is 11.7 Å². The van der Waals surface area contributed by atoms with Crippen molar-refractivity contribution < 1.29 is 9.63 Å². The van der Waals surface area contributed by atoms with Crippen LogP contribution >= 0.6 is 11.8 Å². The second-order valence-electron chi connectivity index (χ2n) is 4.06. The van der Waals surface area contributed by atoms with Crippen LogP contribution in [0.1, 0.15) is 50.9 Å². The quantitative estimate of drug-likeness (QED) is 0.859. The van der Waals surface area contributed by atoms with Gasteiger partial charge in [-0.25, -0.2) is 0 Å². The predicted molar refractivity (Wildman–Crippen MR) is 58.6 cm³/mol. The summed E-state index contributed by atoms with van der Waals surface area (Å²) in [5, 5.41) is 13.4. The van der Waals surface area contributed by atoms with E-state index in [4.69, 9.17) is 4.52 Å². The minimum Gasteiger partial charge on any atom is -0.385 e. The average molecular weight is 228 g/mol. The molecule has 1 saturated heterocycles. The summed E-state index contributed by atoms with van der Waals surface area (Å²) in [5.74, 6) is 2.22. The van der Waals surface area contributed by atoms with Crippen molar-refractivity contribution in [3.8, 4) is 0 Å². The molecule has 0 bridgehead atoms. The van der Waals surface area contributed by atoms with Crippen LogP contribution in [0.3, 0.4) is 0 Å². The minimum atomic E-state index is -0.600. The van der Waals surface area contributed by atoms with E-state index >= 15 is 0 Å². The van der Waals surface area contributed by atoms with Crippen LogP contribution < -0.4 is 0 Å². The van der Waals surface area contributed by atoms with Gasteiger partial charge in [0.2, 0.25) is 5.89 Å². The molecule has 2 atom stereocenters. The molecule has 1 aliphatic rings. The van der Waals surface area contributed by atoms with Gasteiger partial charge in [-0.15, -0.1) is 11.8 Å². The highest BCUT2D eigenvalue weighted by molar-refractivity contribution is 8.00. The summed E-state index contributed by atoms with van der Waals surface area (Å²) in [5.41, 5.74) is 0. The summed E-state index contributed by atoms with van der Waals surface area (Å²) in [7, 11) is 0. The Balaban J connectivity index is 2.19. The number of hydrogen-bond donors (Lipinski definition) is 1. The van der Waals surface area contributed by atoms with Gasteiger partial charge in [0.25, 0.3) is 0 Å². The van der Waals surface area contributed by atoms with Crippen molar-refractivity contribution in [2.45, 2.75) is 44.0 Å². The van der Waals surface area contributed by atoms with Gasteiger partial charge in [-0.05, 0) is 31.9 Å². The van der Waals surface area contributed by atoms with Crippen LogP contribution in [-0.4, -0.2) is 21.0 Å². The molecule has 1 aromatic heterocycles. The van der Waals surface area contributed by atoms with Crippen LogP contribution in [0.25, 0.3) is 0 Å². The molecular formula is C10H16N2O2S. The molecule has 0 aromatic carbocycles. The van der Waals surface area contributed by atoms with Crippen LogP contribution in [0.4, 0.5) is 0 Å². The number of hydrogen-bond acceptors (Lipinski definition) is 5. The molecule has 1 aromatic rings. The Bertz CT molecular complexity index is 334. The Kier molecular flexibility index (Phi) is 3.02. The van der Waals surface area contributed by atoms with Crippen LogP contribution in [0.5, 0.6) is 0 Å². The zero-order valence-electron chi connectivity index (χ0n) is 9.06. The van der Waals surface area contributed by atoms with Crippen LogP contribution in [0, 0.1) is 0 Å². The van der Waals surface area contributed by atoms with E-state index < -0.39 is 6.10 Å². The van der Waals surface area contributed by atoms with Crippen molar-refractivity contribution in [2.75, 3.05) is 5.75 Å². The Hall–Kier alpha value is -0.550. The van der Waals surface area contributed by atoms with Crippen molar-refractivity contribution in [2.24, 2.45) is 0 Å². The number of aromatic nitrogens is 2. The van der Waals surface area contributed by atoms with Gasteiger partial charge in [0, 0.05) is 0 Å². The topological polar surface area (TPSA) is 59.2 Å². The van der Waals surface area contributed by atoms with E-state index in [-0.39, 0.29) is 4.75 Å². The second-order valence-corrected chi connectivity index (χ2v) is 5.66. The molecule has 2 rings (SSSR count). The highest BCUT2D eigenvalue weighted by Gasteiger charge is 2.37. The fraction of sp³-hybridized carbons (Fsp3) is 0.800. The highest BCUT2D eigenvalue weighted by atomic mass is 32.2. The monoisotopic (exact) mass is 228 g/mol. The first-order valence-electron chi connectivity index (χ1n) is 5.32. The normalized spacial score (nSPS) is 28.2. The van der Waals surface area contributed by atoms with Gasteiger partial charge in [0.05, 0.1) is 4.75 Å². The van der Waals surface area contributed by atoms with Crippen molar-refractivity contribution >= 4 is 11.8 Å². The smallest absolute Gasteiger partial charge is 0.242 e. The molecule has 2 unspecified atom stereocenters. The molecule has 0 spiro atoms. The molecule has 0 aliphatic carbocycles. The lowest BCUT2D eigenvalue weighted by Gasteiger charge is -2.16. The van der Waals surface area contributed by atoms with Gasteiger partial charge in [-0.3, -0.25) is 0 Å². The highest BCUT2D eigenvalue weighted by Crippen LogP contribution is 2.45. The Morgan fingerprint density at radius 2 is 2.47 bits per heavy atom. The molecule has 0 amide bonds. The maximum atomic E-state index is 9.58. The summed E-state index contributed by atoms with van der Waals surface area (Å²) in [6.07, 6.45) is 2.28. The summed E-state index contributed by atoms with van der Waals surface area (Å²) < 4.78 is 5.19. The maximum Gasteiger partial charge on any atom is 0.242 e. The third-order valence-corrected chi connectivity index (χ3v) is 4.31. The lowest BCUT2D eigenvalue weighted by atomic mass is 10.1. The molecule has 4 nitrogen and oxygen atoms in total. The Morgan fingerprint density at radius 1 is 1.67 bits per heavy atom. The number of thioether (sulfide) groups is 1. The third kappa shape index (κ3) is 2.03. The molecular weight excluding hydrogens is 212 g/mol. The Labute approximate surface area is 93.4 Å². The van der Waals surface area contributed by atoms with Crippen molar-refractivity contribution in [3.63, 3.8) is 0 Å². The van der Waals surface area contributed by atoms with Crippen molar-refractivity contribution in [1.29, 1.82) is 0 Å². The Morgan fingerprint density at radius 3 is 3.07 bits per heavy atom. The number of aliphatic hydroxyl groups is 1. The largest absolute Gasteiger partial charge is 0.385 e. The molecule has 15 heavy (non-hydrogen) atoms. The number of rotatable bonds is 3. The van der Waals surface area contributed by atoms with Gasteiger partial charge in [0.1, 0.15) is 6.10 Å². The first-order chi connectivity index (χ1) is 7.15. The van der Waals surface area contributed by atoms with Crippen LogP contribution in [0.2, 0.25) is 0 Å². The maximum absolute atomic E-state index is 9.58. The summed E-state index contributed by atoms with van der Waals surface area (Å²) in [6, 6.07) is 0. The summed E-state index contributed by atoms with van der Waals surface area (Å²) >= 11 is 1.85. The molecule has 2 heterocycles. The molecule has 5 heteroatoms. The lowest BCUT2D eigenvalue weighted by molar-refractivity contribution is 0.159. The number of nitrogens with zero attached hydrogens (tertiary/aromatic N) is 2. The van der Waals surface area contributed by atoms with Crippen molar-refractivity contribution in [1.82, 2.24) is 10.1 Å².